The van der Waals surface area contributed by atoms with Crippen LogP contribution in [0.15, 0.2) is 0 Å². The molecule has 0 aromatic carbocycles. The van der Waals surface area contributed by atoms with E-state index in [1.807, 2.05) is 6.92 Å². The van der Waals surface area contributed by atoms with Crippen LogP contribution in [0.3, 0.4) is 0 Å². The first-order valence-electron chi connectivity index (χ1n) is 7.71. The molecule has 0 aromatic rings. The molecule has 1 unspecified atom stereocenters. The molecule has 2 fully saturated rings. The van der Waals surface area contributed by atoms with Gasteiger partial charge in [-0.1, -0.05) is 19.3 Å². The minimum absolute atomic E-state index is 0.0000246. The standard InChI is InChI=1S/C15H27NO2/c1-2-18-15(17)12-14(13-8-4-5-9-13)16-10-6-3-7-11-16/h13-14H,2-12H2,1H3. The van der Waals surface area contributed by atoms with E-state index in [1.165, 1.54) is 58.0 Å². The molecule has 0 N–H and O–H groups in total. The van der Waals surface area contributed by atoms with Gasteiger partial charge in [0.15, 0.2) is 0 Å². The Morgan fingerprint density at radius 2 is 1.83 bits per heavy atom. The highest BCUT2D eigenvalue weighted by Crippen LogP contribution is 2.33. The minimum atomic E-state index is -0.0000246. The van der Waals surface area contributed by atoms with Crippen LogP contribution in [-0.2, 0) is 9.53 Å². The molecule has 3 nitrogen and oxygen atoms in total. The lowest BCUT2D eigenvalue weighted by atomic mass is 9.92. The molecular weight excluding hydrogens is 226 g/mol. The van der Waals surface area contributed by atoms with Gasteiger partial charge in [0.25, 0.3) is 0 Å². The van der Waals surface area contributed by atoms with E-state index < -0.39 is 0 Å². The van der Waals surface area contributed by atoms with E-state index in [9.17, 15) is 4.79 Å². The quantitative estimate of drug-likeness (QED) is 0.705. The van der Waals surface area contributed by atoms with Crippen molar-refractivity contribution in [2.75, 3.05) is 19.7 Å². The number of esters is 1. The molecule has 104 valence electrons. The van der Waals surface area contributed by atoms with Crippen LogP contribution in [0.25, 0.3) is 0 Å². The number of hydrogen-bond acceptors (Lipinski definition) is 3. The van der Waals surface area contributed by atoms with Crippen LogP contribution in [0.5, 0.6) is 0 Å². The molecule has 1 aliphatic heterocycles. The van der Waals surface area contributed by atoms with Crippen molar-refractivity contribution in [2.45, 2.75) is 64.3 Å². The molecule has 1 saturated carbocycles. The average Bonchev–Trinajstić information content (AvgIpc) is 2.91. The first-order valence-corrected chi connectivity index (χ1v) is 7.71. The zero-order valence-corrected chi connectivity index (χ0v) is 11.7. The second-order valence-electron chi connectivity index (χ2n) is 5.72. The second-order valence-corrected chi connectivity index (χ2v) is 5.72. The largest absolute Gasteiger partial charge is 0.466 e. The van der Waals surface area contributed by atoms with E-state index in [1.54, 1.807) is 0 Å². The highest BCUT2D eigenvalue weighted by atomic mass is 16.5. The SMILES string of the molecule is CCOC(=O)CC(C1CCCC1)N1CCCCC1. The Morgan fingerprint density at radius 1 is 1.17 bits per heavy atom. The third kappa shape index (κ3) is 3.71. The summed E-state index contributed by atoms with van der Waals surface area (Å²) in [6.07, 6.45) is 9.86. The average molecular weight is 253 g/mol. The summed E-state index contributed by atoms with van der Waals surface area (Å²) in [5, 5.41) is 0. The molecule has 0 amide bonds. The summed E-state index contributed by atoms with van der Waals surface area (Å²) in [4.78, 5) is 14.4. The zero-order valence-electron chi connectivity index (χ0n) is 11.7. The van der Waals surface area contributed by atoms with Gasteiger partial charge in [0, 0.05) is 6.04 Å². The van der Waals surface area contributed by atoms with E-state index >= 15 is 0 Å². The van der Waals surface area contributed by atoms with Crippen LogP contribution in [-0.4, -0.2) is 36.6 Å². The fraction of sp³-hybridized carbons (Fsp3) is 0.933. The van der Waals surface area contributed by atoms with Crippen molar-refractivity contribution < 1.29 is 9.53 Å². The Morgan fingerprint density at radius 3 is 2.44 bits per heavy atom. The number of carbonyl (C=O) groups is 1. The highest BCUT2D eigenvalue weighted by molar-refractivity contribution is 5.70. The number of piperidine rings is 1. The highest BCUT2D eigenvalue weighted by Gasteiger charge is 2.32. The van der Waals surface area contributed by atoms with Gasteiger partial charge < -0.3 is 4.74 Å². The van der Waals surface area contributed by atoms with Gasteiger partial charge in [-0.15, -0.1) is 0 Å². The Hall–Kier alpha value is -0.570. The third-order valence-electron chi connectivity index (χ3n) is 4.48. The van der Waals surface area contributed by atoms with Gasteiger partial charge in [-0.3, -0.25) is 9.69 Å². The van der Waals surface area contributed by atoms with Crippen molar-refractivity contribution in [3.63, 3.8) is 0 Å². The first kappa shape index (κ1) is 13.9. The smallest absolute Gasteiger partial charge is 0.307 e. The number of nitrogens with zero attached hydrogens (tertiary/aromatic N) is 1. The third-order valence-corrected chi connectivity index (χ3v) is 4.48. The fourth-order valence-corrected chi connectivity index (χ4v) is 3.58. The molecule has 1 aliphatic carbocycles. The lowest BCUT2D eigenvalue weighted by Crippen LogP contribution is -2.44. The molecule has 1 saturated heterocycles. The summed E-state index contributed by atoms with van der Waals surface area (Å²) >= 11 is 0. The van der Waals surface area contributed by atoms with Gasteiger partial charge in [-0.25, -0.2) is 0 Å². The van der Waals surface area contributed by atoms with Crippen molar-refractivity contribution in [1.82, 2.24) is 4.90 Å². The van der Waals surface area contributed by atoms with Gasteiger partial charge in [-0.05, 0) is 51.6 Å². The molecule has 0 bridgehead atoms. The summed E-state index contributed by atoms with van der Waals surface area (Å²) in [5.41, 5.74) is 0. The molecule has 0 spiro atoms. The van der Waals surface area contributed by atoms with Gasteiger partial charge >= 0.3 is 5.97 Å². The molecule has 1 heterocycles. The lowest BCUT2D eigenvalue weighted by molar-refractivity contribution is -0.145. The van der Waals surface area contributed by atoms with Crippen LogP contribution < -0.4 is 0 Å². The lowest BCUT2D eigenvalue weighted by Gasteiger charge is -2.37. The van der Waals surface area contributed by atoms with Crippen LogP contribution in [0, 0.1) is 5.92 Å². The summed E-state index contributed by atoms with van der Waals surface area (Å²) in [7, 11) is 0. The van der Waals surface area contributed by atoms with Crippen LogP contribution in [0.1, 0.15) is 58.3 Å². The summed E-state index contributed by atoms with van der Waals surface area (Å²) in [5.74, 6) is 0.729. The van der Waals surface area contributed by atoms with E-state index in [-0.39, 0.29) is 5.97 Å². The number of rotatable bonds is 5. The van der Waals surface area contributed by atoms with Crippen molar-refractivity contribution in [3.05, 3.63) is 0 Å². The normalized spacial score (nSPS) is 24.1. The zero-order chi connectivity index (χ0) is 12.8. The van der Waals surface area contributed by atoms with Gasteiger partial charge in [0.2, 0.25) is 0 Å². The Bertz CT molecular complexity index is 255. The number of likely N-dealkylation sites (tertiary alicyclic amines) is 1. The number of ether oxygens (including phenoxy) is 1. The maximum absolute atomic E-state index is 11.8. The van der Waals surface area contributed by atoms with Crippen molar-refractivity contribution in [3.8, 4) is 0 Å². The topological polar surface area (TPSA) is 29.5 Å². The summed E-state index contributed by atoms with van der Waals surface area (Å²) in [6, 6.07) is 0.451. The predicted octanol–water partition coefficient (Wildman–Crippen LogP) is 2.98. The Labute approximate surface area is 111 Å². The van der Waals surface area contributed by atoms with E-state index in [4.69, 9.17) is 4.74 Å². The molecule has 0 aromatic heterocycles. The van der Waals surface area contributed by atoms with Gasteiger partial charge in [-0.2, -0.15) is 0 Å². The molecule has 1 atom stereocenters. The van der Waals surface area contributed by atoms with E-state index in [0.717, 1.165) is 5.92 Å². The van der Waals surface area contributed by atoms with Crippen LogP contribution in [0.4, 0.5) is 0 Å². The van der Waals surface area contributed by atoms with Crippen LogP contribution >= 0.6 is 0 Å². The Balaban J connectivity index is 1.94. The van der Waals surface area contributed by atoms with E-state index in [0.29, 0.717) is 19.1 Å². The monoisotopic (exact) mass is 253 g/mol. The molecule has 2 aliphatic rings. The predicted molar refractivity (Wildman–Crippen MR) is 72.4 cm³/mol. The van der Waals surface area contributed by atoms with Gasteiger partial charge in [0.05, 0.1) is 13.0 Å². The number of hydrogen-bond donors (Lipinski definition) is 0. The first-order chi connectivity index (χ1) is 8.81. The Kier molecular flexibility index (Phi) is 5.48. The molecule has 2 rings (SSSR count). The summed E-state index contributed by atoms with van der Waals surface area (Å²) in [6.45, 7) is 4.76. The minimum Gasteiger partial charge on any atom is -0.466 e. The van der Waals surface area contributed by atoms with Crippen molar-refractivity contribution in [2.24, 2.45) is 5.92 Å². The number of carbonyl (C=O) groups excluding carboxylic acids is 1. The van der Waals surface area contributed by atoms with Crippen molar-refractivity contribution in [1.29, 1.82) is 0 Å². The van der Waals surface area contributed by atoms with E-state index in [2.05, 4.69) is 4.90 Å². The second kappa shape index (κ2) is 7.13. The van der Waals surface area contributed by atoms with Crippen molar-refractivity contribution >= 4 is 5.97 Å². The fourth-order valence-electron chi connectivity index (χ4n) is 3.58. The van der Waals surface area contributed by atoms with Gasteiger partial charge in [0.1, 0.15) is 0 Å². The molecule has 18 heavy (non-hydrogen) atoms. The summed E-state index contributed by atoms with van der Waals surface area (Å²) < 4.78 is 5.16. The molecule has 3 heteroatoms. The molecular formula is C15H27NO2. The maximum atomic E-state index is 11.8. The maximum Gasteiger partial charge on any atom is 0.307 e. The van der Waals surface area contributed by atoms with Crippen LogP contribution in [0.2, 0.25) is 0 Å². The molecule has 0 radical (unpaired) electrons.